The predicted molar refractivity (Wildman–Crippen MR) is 107 cm³/mol. The van der Waals surface area contributed by atoms with Crippen LogP contribution in [0.4, 0.5) is 5.69 Å². The minimum Gasteiger partial charge on any atom is -0.465 e. The summed E-state index contributed by atoms with van der Waals surface area (Å²) in [6.07, 6.45) is 1.52. The maximum absolute atomic E-state index is 12.8. The first kappa shape index (κ1) is 18.8. The van der Waals surface area contributed by atoms with Crippen LogP contribution in [0.5, 0.6) is 0 Å². The van der Waals surface area contributed by atoms with E-state index in [2.05, 4.69) is 19.2 Å². The van der Waals surface area contributed by atoms with Crippen molar-refractivity contribution in [2.45, 2.75) is 26.7 Å². The molecule has 1 saturated heterocycles. The van der Waals surface area contributed by atoms with Crippen LogP contribution in [0.1, 0.15) is 47.2 Å². The van der Waals surface area contributed by atoms with Crippen LogP contribution in [0.15, 0.2) is 40.4 Å². The summed E-state index contributed by atoms with van der Waals surface area (Å²) < 4.78 is 10.2. The first-order valence-electron chi connectivity index (χ1n) is 8.47. The lowest BCUT2D eigenvalue weighted by Gasteiger charge is -2.15. The van der Waals surface area contributed by atoms with E-state index in [1.165, 1.54) is 29.7 Å². The Morgan fingerprint density at radius 3 is 2.56 bits per heavy atom. The van der Waals surface area contributed by atoms with E-state index in [1.54, 1.807) is 6.92 Å². The van der Waals surface area contributed by atoms with E-state index in [4.69, 9.17) is 21.4 Å². The van der Waals surface area contributed by atoms with E-state index in [9.17, 15) is 9.59 Å². The van der Waals surface area contributed by atoms with Crippen molar-refractivity contribution in [1.82, 2.24) is 5.32 Å². The lowest BCUT2D eigenvalue weighted by Crippen LogP contribution is -2.30. The van der Waals surface area contributed by atoms with E-state index in [1.807, 2.05) is 24.3 Å². The molecule has 7 heteroatoms. The van der Waals surface area contributed by atoms with Crippen molar-refractivity contribution in [3.63, 3.8) is 0 Å². The number of ether oxygens (including phenoxy) is 1. The zero-order chi connectivity index (χ0) is 19.7. The number of esters is 1. The monoisotopic (exact) mass is 384 g/mol. The van der Waals surface area contributed by atoms with Gasteiger partial charge in [0, 0.05) is 6.08 Å². The summed E-state index contributed by atoms with van der Waals surface area (Å²) in [7, 11) is 1.30. The second kappa shape index (κ2) is 7.36. The third kappa shape index (κ3) is 3.64. The normalized spacial score (nSPS) is 15.6. The molecule has 0 unspecified atom stereocenters. The van der Waals surface area contributed by atoms with E-state index in [0.29, 0.717) is 33.8 Å². The smallest absolute Gasteiger partial charge is 0.341 e. The number of aryl methyl sites for hydroxylation is 1. The first-order valence-corrected chi connectivity index (χ1v) is 8.88. The number of nitrogens with zero attached hydrogens (tertiary/aromatic N) is 1. The van der Waals surface area contributed by atoms with Crippen molar-refractivity contribution in [3.05, 3.63) is 58.7 Å². The number of carbonyl (C=O) groups excluding carboxylic acids is 2. The molecule has 0 aliphatic carbocycles. The Morgan fingerprint density at radius 1 is 1.30 bits per heavy atom. The Labute approximate surface area is 162 Å². The minimum atomic E-state index is -0.492. The van der Waals surface area contributed by atoms with Crippen LogP contribution in [0, 0.1) is 6.92 Å². The highest BCUT2D eigenvalue weighted by Gasteiger charge is 2.32. The SMILES string of the molecule is COC(=O)c1cc(/C=C2\NC(=S)N(c3ccc(C(C)C)cc3)C2=O)oc1C. The van der Waals surface area contributed by atoms with E-state index in [0.717, 1.165) is 0 Å². The van der Waals surface area contributed by atoms with E-state index >= 15 is 0 Å². The molecular formula is C20H20N2O4S. The number of anilines is 1. The van der Waals surface area contributed by atoms with Gasteiger partial charge in [0.15, 0.2) is 5.11 Å². The minimum absolute atomic E-state index is 0.276. The number of rotatable bonds is 4. The maximum atomic E-state index is 12.8. The van der Waals surface area contributed by atoms with Gasteiger partial charge in [0.05, 0.1) is 12.8 Å². The molecule has 140 valence electrons. The number of carbonyl (C=O) groups is 2. The molecule has 27 heavy (non-hydrogen) atoms. The summed E-state index contributed by atoms with van der Waals surface area (Å²) in [5.74, 6) is 0.409. The van der Waals surface area contributed by atoms with Gasteiger partial charge in [-0.3, -0.25) is 9.69 Å². The molecule has 1 N–H and O–H groups in total. The standard InChI is InChI=1S/C20H20N2O4S/c1-11(2)13-5-7-14(8-6-13)22-18(23)17(21-20(22)27)10-15-9-16(12(3)26-15)19(24)25-4/h5-11H,1-4H3,(H,21,27)/b17-10-. The molecule has 0 atom stereocenters. The van der Waals surface area contributed by atoms with Gasteiger partial charge in [-0.05, 0) is 48.8 Å². The van der Waals surface area contributed by atoms with Crippen LogP contribution in [0.25, 0.3) is 6.08 Å². The number of methoxy groups -OCH3 is 1. The summed E-state index contributed by atoms with van der Waals surface area (Å²) in [6, 6.07) is 9.24. The second-order valence-corrected chi connectivity index (χ2v) is 6.87. The topological polar surface area (TPSA) is 71.8 Å². The van der Waals surface area contributed by atoms with Crippen LogP contribution in [-0.2, 0) is 9.53 Å². The average Bonchev–Trinajstić information content (AvgIpc) is 3.14. The predicted octanol–water partition coefficient (Wildman–Crippen LogP) is 3.76. The second-order valence-electron chi connectivity index (χ2n) is 6.49. The molecule has 0 radical (unpaired) electrons. The number of furan rings is 1. The fourth-order valence-corrected chi connectivity index (χ4v) is 3.11. The van der Waals surface area contributed by atoms with Crippen LogP contribution < -0.4 is 10.2 Å². The average molecular weight is 384 g/mol. The summed E-state index contributed by atoms with van der Waals surface area (Å²) in [5, 5.41) is 3.19. The van der Waals surface area contributed by atoms with Gasteiger partial charge >= 0.3 is 5.97 Å². The number of nitrogens with one attached hydrogen (secondary N) is 1. The Bertz CT molecular complexity index is 941. The van der Waals surface area contributed by atoms with Gasteiger partial charge in [-0.25, -0.2) is 4.79 Å². The fraction of sp³-hybridized carbons (Fsp3) is 0.250. The van der Waals surface area contributed by atoms with Crippen molar-refractivity contribution < 1.29 is 18.7 Å². The Morgan fingerprint density at radius 2 is 1.96 bits per heavy atom. The number of thiocarbonyl (C=S) groups is 1. The van der Waals surface area contributed by atoms with Crippen molar-refractivity contribution in [1.29, 1.82) is 0 Å². The molecule has 1 fully saturated rings. The largest absolute Gasteiger partial charge is 0.465 e. The first-order chi connectivity index (χ1) is 12.8. The molecule has 0 bridgehead atoms. The highest BCUT2D eigenvalue weighted by atomic mass is 32.1. The third-order valence-electron chi connectivity index (χ3n) is 4.32. The molecule has 3 rings (SSSR count). The number of amides is 1. The van der Waals surface area contributed by atoms with Gasteiger partial charge in [0.25, 0.3) is 5.91 Å². The molecule has 1 amide bonds. The molecule has 0 spiro atoms. The molecule has 2 heterocycles. The Kier molecular flexibility index (Phi) is 5.14. The third-order valence-corrected chi connectivity index (χ3v) is 4.61. The van der Waals surface area contributed by atoms with Gasteiger partial charge in [-0.15, -0.1) is 0 Å². The highest BCUT2D eigenvalue weighted by Crippen LogP contribution is 2.26. The highest BCUT2D eigenvalue weighted by molar-refractivity contribution is 7.80. The van der Waals surface area contributed by atoms with Gasteiger partial charge in [-0.1, -0.05) is 26.0 Å². The summed E-state index contributed by atoms with van der Waals surface area (Å²) in [6.45, 7) is 5.87. The molecule has 0 saturated carbocycles. The molecular weight excluding hydrogens is 364 g/mol. The summed E-state index contributed by atoms with van der Waals surface area (Å²) >= 11 is 5.32. The molecule has 6 nitrogen and oxygen atoms in total. The van der Waals surface area contributed by atoms with Gasteiger partial charge in [0.1, 0.15) is 22.8 Å². The van der Waals surface area contributed by atoms with E-state index < -0.39 is 5.97 Å². The Balaban J connectivity index is 1.87. The lowest BCUT2D eigenvalue weighted by molar-refractivity contribution is -0.113. The lowest BCUT2D eigenvalue weighted by atomic mass is 10.0. The van der Waals surface area contributed by atoms with Crippen molar-refractivity contribution in [2.75, 3.05) is 12.0 Å². The van der Waals surface area contributed by atoms with Crippen molar-refractivity contribution in [2.24, 2.45) is 0 Å². The van der Waals surface area contributed by atoms with Crippen molar-refractivity contribution >= 4 is 41.0 Å². The van der Waals surface area contributed by atoms with Gasteiger partial charge < -0.3 is 14.5 Å². The van der Waals surface area contributed by atoms with Crippen LogP contribution in [-0.4, -0.2) is 24.1 Å². The number of hydrogen-bond donors (Lipinski definition) is 1. The van der Waals surface area contributed by atoms with Crippen LogP contribution >= 0.6 is 12.2 Å². The van der Waals surface area contributed by atoms with Crippen LogP contribution in [0.3, 0.4) is 0 Å². The van der Waals surface area contributed by atoms with Gasteiger partial charge in [-0.2, -0.15) is 0 Å². The Hall–Kier alpha value is -2.93. The molecule has 1 aromatic heterocycles. The fourth-order valence-electron chi connectivity index (χ4n) is 2.81. The zero-order valence-corrected chi connectivity index (χ0v) is 16.3. The molecule has 1 aliphatic rings. The van der Waals surface area contributed by atoms with Gasteiger partial charge in [0.2, 0.25) is 0 Å². The molecule has 1 aromatic carbocycles. The molecule has 1 aliphatic heterocycles. The summed E-state index contributed by atoms with van der Waals surface area (Å²) in [5.41, 5.74) is 2.47. The van der Waals surface area contributed by atoms with Crippen LogP contribution in [0.2, 0.25) is 0 Å². The maximum Gasteiger partial charge on any atom is 0.341 e. The zero-order valence-electron chi connectivity index (χ0n) is 15.5. The number of hydrogen-bond acceptors (Lipinski definition) is 5. The quantitative estimate of drug-likeness (QED) is 0.492. The summed E-state index contributed by atoms with van der Waals surface area (Å²) in [4.78, 5) is 25.9. The van der Waals surface area contributed by atoms with E-state index in [-0.39, 0.29) is 11.6 Å². The number of benzene rings is 1. The van der Waals surface area contributed by atoms with Crippen molar-refractivity contribution in [3.8, 4) is 0 Å². The molecule has 2 aromatic rings.